The first-order chi connectivity index (χ1) is 21.8. The Morgan fingerprint density at radius 2 is 1.87 bits per heavy atom. The zero-order valence-corrected chi connectivity index (χ0v) is 28.9. The third kappa shape index (κ3) is 4.37. The summed E-state index contributed by atoms with van der Waals surface area (Å²) < 4.78 is 19.5. The normalized spacial score (nSPS) is 48.5. The van der Waals surface area contributed by atoms with Crippen LogP contribution in [0.15, 0.2) is 0 Å². The minimum Gasteiger partial charge on any atom is -0.389 e. The van der Waals surface area contributed by atoms with Crippen LogP contribution in [0.2, 0.25) is 0 Å². The molecule has 3 N–H and O–H groups in total. The van der Waals surface area contributed by atoms with Gasteiger partial charge in [0.1, 0.15) is 6.10 Å². The fourth-order valence-electron chi connectivity index (χ4n) is 13.0. The van der Waals surface area contributed by atoms with Crippen molar-refractivity contribution in [1.82, 2.24) is 4.90 Å². The van der Waals surface area contributed by atoms with E-state index in [1.165, 1.54) is 25.7 Å². The Morgan fingerprint density at radius 1 is 1.09 bits per heavy atom. The lowest BCUT2D eigenvalue weighted by Crippen LogP contribution is -2.59. The van der Waals surface area contributed by atoms with Crippen LogP contribution in [0.1, 0.15) is 118 Å². The highest BCUT2D eigenvalue weighted by molar-refractivity contribution is 5.76. The molecule has 2 heterocycles. The van der Waals surface area contributed by atoms with E-state index >= 15 is 0 Å². The largest absolute Gasteiger partial charge is 0.389 e. The summed E-state index contributed by atoms with van der Waals surface area (Å²) in [7, 11) is 0. The molecule has 6 saturated carbocycles. The Hall–Kier alpha value is -1.22. The molecule has 0 bridgehead atoms. The van der Waals surface area contributed by atoms with Crippen LogP contribution in [0.5, 0.6) is 0 Å². The molecule has 255 valence electrons. The first-order valence-electron chi connectivity index (χ1n) is 18.5. The summed E-state index contributed by atoms with van der Waals surface area (Å²) in [5, 5.41) is 12.3. The number of hydrogen-bond donors (Lipinski definition) is 2. The molecule has 2 amide bonds. The van der Waals surface area contributed by atoms with Gasteiger partial charge < -0.3 is 30.0 Å². The van der Waals surface area contributed by atoms with E-state index in [1.54, 1.807) is 5.92 Å². The lowest BCUT2D eigenvalue weighted by atomic mass is 9.41. The van der Waals surface area contributed by atoms with E-state index in [2.05, 4.69) is 34.6 Å². The zero-order valence-electron chi connectivity index (χ0n) is 28.9. The molecule has 0 aromatic heterocycles. The molecule has 2 spiro atoms. The van der Waals surface area contributed by atoms with Gasteiger partial charge in [0.2, 0.25) is 11.8 Å². The van der Waals surface area contributed by atoms with E-state index in [0.717, 1.165) is 50.7 Å². The van der Waals surface area contributed by atoms with Crippen LogP contribution < -0.4 is 5.73 Å². The Kier molecular flexibility index (Phi) is 7.40. The Bertz CT molecular complexity index is 1250. The van der Waals surface area contributed by atoms with E-state index in [9.17, 15) is 14.7 Å². The molecule has 3 radical (unpaired) electrons. The molecular weight excluding hydrogens is 580 g/mol. The first-order valence-corrected chi connectivity index (χ1v) is 18.5. The highest BCUT2D eigenvalue weighted by Crippen LogP contribution is 2.90. The number of nitrogens with two attached hydrogens (primary N) is 1. The van der Waals surface area contributed by atoms with Gasteiger partial charge in [0, 0.05) is 30.7 Å². The van der Waals surface area contributed by atoms with Crippen LogP contribution in [-0.4, -0.2) is 60.0 Å². The maximum atomic E-state index is 12.9. The number of ether oxygens (including phenoxy) is 3. The highest BCUT2D eigenvalue weighted by Gasteiger charge is 2.85. The average Bonchev–Trinajstić information content (AvgIpc) is 3.93. The number of aliphatic hydroxyl groups is 1. The van der Waals surface area contributed by atoms with Gasteiger partial charge in [-0.15, -0.1) is 0 Å². The number of morpholine rings is 1. The minimum atomic E-state index is -0.628. The van der Waals surface area contributed by atoms with Crippen LogP contribution in [0.25, 0.3) is 0 Å². The minimum absolute atomic E-state index is 0.00244. The summed E-state index contributed by atoms with van der Waals surface area (Å²) in [6, 6.07) is 0. The molecule has 6 aliphatic carbocycles. The molecule has 46 heavy (non-hydrogen) atoms. The molecule has 8 aliphatic rings. The number of nitrogens with zero attached hydrogens (tertiary/aromatic N) is 1. The number of primary amides is 1. The maximum Gasteiger partial charge on any atom is 0.223 e. The van der Waals surface area contributed by atoms with Gasteiger partial charge in [-0.05, 0) is 116 Å². The molecule has 8 rings (SSSR count). The Labute approximate surface area is 276 Å². The predicted octanol–water partition coefficient (Wildman–Crippen LogP) is 5.72. The van der Waals surface area contributed by atoms with Crippen molar-refractivity contribution in [2.24, 2.45) is 56.5 Å². The monoisotopic (exact) mass is 637 g/mol. The predicted molar refractivity (Wildman–Crippen MR) is 172 cm³/mol. The SMILES string of the molecule is C[C@@H]1C[C](CCC(N)=O)O[C]2[C@H]1[C@@]1(C)CC[C@@]34C[C@@]35CCC(O[C@H]3CN(C(=O)CC6CC6)CCO3)C(C)(C)[C@@H]5CC[C]4[C@]1(C)[C@H]2O. The number of fused-ring (bicyclic) bond motifs is 4. The first kappa shape index (κ1) is 32.0. The number of hydrogen-bond acceptors (Lipinski definition) is 6. The van der Waals surface area contributed by atoms with E-state index in [4.69, 9.17) is 19.9 Å². The molecule has 8 nitrogen and oxygen atoms in total. The van der Waals surface area contributed by atoms with Crippen LogP contribution in [0.4, 0.5) is 0 Å². The second-order valence-corrected chi connectivity index (χ2v) is 17.9. The molecular formula is C38H57N2O6. The third-order valence-corrected chi connectivity index (χ3v) is 15.5. The van der Waals surface area contributed by atoms with Crippen molar-refractivity contribution in [2.75, 3.05) is 19.7 Å². The van der Waals surface area contributed by atoms with Crippen LogP contribution in [0.3, 0.4) is 0 Å². The van der Waals surface area contributed by atoms with Crippen molar-refractivity contribution in [3.8, 4) is 0 Å². The van der Waals surface area contributed by atoms with Crippen LogP contribution in [0, 0.1) is 68.9 Å². The Morgan fingerprint density at radius 3 is 2.61 bits per heavy atom. The van der Waals surface area contributed by atoms with Gasteiger partial charge in [-0.3, -0.25) is 9.59 Å². The summed E-state index contributed by atoms with van der Waals surface area (Å²) in [6.45, 7) is 13.8. The van der Waals surface area contributed by atoms with Crippen molar-refractivity contribution in [1.29, 1.82) is 0 Å². The number of carbonyl (C=O) groups excluding carboxylic acids is 2. The van der Waals surface area contributed by atoms with Gasteiger partial charge in [0.05, 0.1) is 31.5 Å². The smallest absolute Gasteiger partial charge is 0.223 e. The molecule has 8 heteroatoms. The second kappa shape index (κ2) is 10.6. The van der Waals surface area contributed by atoms with Crippen molar-refractivity contribution < 1.29 is 28.9 Å². The third-order valence-electron chi connectivity index (χ3n) is 15.5. The summed E-state index contributed by atoms with van der Waals surface area (Å²) in [6.07, 6.45) is 13.6. The fraction of sp³-hybridized carbons (Fsp3) is 0.868. The number of aliphatic hydroxyl groups excluding tert-OH is 1. The Balaban J connectivity index is 0.995. The zero-order chi connectivity index (χ0) is 32.4. The lowest BCUT2D eigenvalue weighted by Gasteiger charge is -2.63. The van der Waals surface area contributed by atoms with E-state index in [0.29, 0.717) is 56.7 Å². The van der Waals surface area contributed by atoms with Crippen LogP contribution >= 0.6 is 0 Å². The van der Waals surface area contributed by atoms with Crippen molar-refractivity contribution >= 4 is 11.8 Å². The highest BCUT2D eigenvalue weighted by atomic mass is 16.7. The molecule has 2 saturated heterocycles. The summed E-state index contributed by atoms with van der Waals surface area (Å²) >= 11 is 0. The summed E-state index contributed by atoms with van der Waals surface area (Å²) in [5.41, 5.74) is 5.56. The maximum absolute atomic E-state index is 12.9. The standard InChI is InChI=1S/C38H57N2O6/c1-22-18-24(8-11-28(39)41)45-32-31(22)35(4)14-15-38-21-37(38)13-12-27(34(2,3)25(37)9-10-26(38)36(35,5)33(32)43)46-30-20-40(16-17-44-30)29(42)19-23-6-7-23/h22-23,25,27,30-31,33,43H,6-21H2,1-5H3,(H2,39,41)/t22-,25+,27?,30+,31+,33+,35-,36-,37-,38+/m1/s1. The summed E-state index contributed by atoms with van der Waals surface area (Å²) in [5.74, 6) is 3.32. The van der Waals surface area contributed by atoms with Crippen molar-refractivity contribution in [3.63, 3.8) is 0 Å². The number of rotatable bonds is 7. The van der Waals surface area contributed by atoms with Gasteiger partial charge in [-0.2, -0.15) is 0 Å². The number of carbonyl (C=O) groups is 2. The molecule has 8 fully saturated rings. The van der Waals surface area contributed by atoms with Gasteiger partial charge in [0.15, 0.2) is 6.29 Å². The van der Waals surface area contributed by atoms with Gasteiger partial charge >= 0.3 is 0 Å². The molecule has 2 aliphatic heterocycles. The summed E-state index contributed by atoms with van der Waals surface area (Å²) in [4.78, 5) is 26.4. The van der Waals surface area contributed by atoms with Gasteiger partial charge in [-0.25, -0.2) is 0 Å². The molecule has 0 aromatic rings. The molecule has 0 aromatic carbocycles. The second-order valence-electron chi connectivity index (χ2n) is 17.9. The fourth-order valence-corrected chi connectivity index (χ4v) is 13.0. The lowest BCUT2D eigenvalue weighted by molar-refractivity contribution is -0.242. The average molecular weight is 638 g/mol. The molecule has 1 unspecified atom stereocenters. The van der Waals surface area contributed by atoms with Gasteiger partial charge in [-0.1, -0.05) is 34.6 Å². The van der Waals surface area contributed by atoms with Gasteiger partial charge in [0.25, 0.3) is 0 Å². The topological polar surface area (TPSA) is 111 Å². The van der Waals surface area contributed by atoms with Crippen molar-refractivity contribution in [2.45, 2.75) is 137 Å². The molecule has 10 atom stereocenters. The van der Waals surface area contributed by atoms with Crippen LogP contribution in [-0.2, 0) is 23.8 Å². The van der Waals surface area contributed by atoms with E-state index < -0.39 is 6.10 Å². The van der Waals surface area contributed by atoms with Crippen molar-refractivity contribution in [3.05, 3.63) is 18.1 Å². The number of amides is 2. The van der Waals surface area contributed by atoms with E-state index in [1.807, 2.05) is 4.90 Å². The quantitative estimate of drug-likeness (QED) is 0.370. The van der Waals surface area contributed by atoms with E-state index in [-0.39, 0.29) is 57.2 Å².